The molecule has 0 spiro atoms. The third-order valence-electron chi connectivity index (χ3n) is 4.66. The van der Waals surface area contributed by atoms with Crippen molar-refractivity contribution < 1.29 is 19.1 Å². The predicted molar refractivity (Wildman–Crippen MR) is 116 cm³/mol. The Hall–Kier alpha value is -2.82. The van der Waals surface area contributed by atoms with Gasteiger partial charge in [-0.3, -0.25) is 4.79 Å². The molecule has 2 aromatic carbocycles. The molecule has 5 heteroatoms. The first-order valence-electron chi connectivity index (χ1n) is 10.0. The summed E-state index contributed by atoms with van der Waals surface area (Å²) in [6.07, 6.45) is -0.0769. The molecule has 1 amide bonds. The van der Waals surface area contributed by atoms with Gasteiger partial charge < -0.3 is 14.8 Å². The zero-order chi connectivity index (χ0) is 21.6. The van der Waals surface area contributed by atoms with E-state index < -0.39 is 6.10 Å². The van der Waals surface area contributed by atoms with E-state index in [1.54, 1.807) is 25.1 Å². The van der Waals surface area contributed by atoms with Crippen LogP contribution in [0.5, 0.6) is 5.75 Å². The number of aryl methyl sites for hydroxylation is 1. The SMILES string of the molecule is CCOC(=O)c1ccc(NC(=O)[C@H](CC)Oc2ccc(C(C)(C)C)cc2)c(C)c1. The smallest absolute Gasteiger partial charge is 0.338 e. The zero-order valence-electron chi connectivity index (χ0n) is 18.2. The van der Waals surface area contributed by atoms with E-state index in [4.69, 9.17) is 9.47 Å². The van der Waals surface area contributed by atoms with Crippen molar-refractivity contribution in [2.75, 3.05) is 11.9 Å². The fourth-order valence-corrected chi connectivity index (χ4v) is 2.88. The molecule has 0 radical (unpaired) electrons. The fourth-order valence-electron chi connectivity index (χ4n) is 2.88. The summed E-state index contributed by atoms with van der Waals surface area (Å²) in [6.45, 7) is 12.3. The maximum absolute atomic E-state index is 12.7. The molecule has 0 saturated heterocycles. The van der Waals surface area contributed by atoms with Crippen LogP contribution >= 0.6 is 0 Å². The van der Waals surface area contributed by atoms with Crippen molar-refractivity contribution in [1.29, 1.82) is 0 Å². The van der Waals surface area contributed by atoms with E-state index in [9.17, 15) is 9.59 Å². The highest BCUT2D eigenvalue weighted by Crippen LogP contribution is 2.25. The average Bonchev–Trinajstić information content (AvgIpc) is 2.67. The van der Waals surface area contributed by atoms with Crippen molar-refractivity contribution in [1.82, 2.24) is 0 Å². The minimum atomic E-state index is -0.611. The molecular formula is C24H31NO4. The molecule has 1 atom stereocenters. The summed E-state index contributed by atoms with van der Waals surface area (Å²) >= 11 is 0. The summed E-state index contributed by atoms with van der Waals surface area (Å²) < 4.78 is 10.9. The molecule has 0 aromatic heterocycles. The predicted octanol–water partition coefficient (Wildman–Crippen LogP) is 5.27. The number of benzene rings is 2. The Morgan fingerprint density at radius 2 is 1.69 bits per heavy atom. The van der Waals surface area contributed by atoms with Gasteiger partial charge in [0.25, 0.3) is 5.91 Å². The lowest BCUT2D eigenvalue weighted by Gasteiger charge is -2.21. The van der Waals surface area contributed by atoms with Gasteiger partial charge in [0, 0.05) is 5.69 Å². The van der Waals surface area contributed by atoms with Crippen LogP contribution in [0.15, 0.2) is 42.5 Å². The molecule has 0 aliphatic rings. The Morgan fingerprint density at radius 1 is 1.03 bits per heavy atom. The van der Waals surface area contributed by atoms with Crippen LogP contribution in [0.4, 0.5) is 5.69 Å². The minimum Gasteiger partial charge on any atom is -0.481 e. The lowest BCUT2D eigenvalue weighted by Crippen LogP contribution is -2.32. The van der Waals surface area contributed by atoms with E-state index >= 15 is 0 Å². The topological polar surface area (TPSA) is 64.6 Å². The third-order valence-corrected chi connectivity index (χ3v) is 4.66. The van der Waals surface area contributed by atoms with Crippen LogP contribution in [0.2, 0.25) is 0 Å². The van der Waals surface area contributed by atoms with E-state index in [2.05, 4.69) is 26.1 Å². The van der Waals surface area contributed by atoms with Gasteiger partial charge in [0.05, 0.1) is 12.2 Å². The molecule has 0 fully saturated rings. The van der Waals surface area contributed by atoms with E-state index in [1.165, 1.54) is 5.56 Å². The molecule has 0 bridgehead atoms. The molecule has 0 unspecified atom stereocenters. The van der Waals surface area contributed by atoms with E-state index in [1.807, 2.05) is 38.1 Å². The molecule has 29 heavy (non-hydrogen) atoms. The van der Waals surface area contributed by atoms with Gasteiger partial charge in [-0.25, -0.2) is 4.79 Å². The first-order chi connectivity index (χ1) is 13.7. The van der Waals surface area contributed by atoms with Crippen molar-refractivity contribution in [3.8, 4) is 5.75 Å². The number of amides is 1. The molecule has 5 nitrogen and oxygen atoms in total. The van der Waals surface area contributed by atoms with Crippen molar-refractivity contribution in [3.05, 3.63) is 59.2 Å². The minimum absolute atomic E-state index is 0.0628. The van der Waals surface area contributed by atoms with Crippen molar-refractivity contribution in [3.63, 3.8) is 0 Å². The van der Waals surface area contributed by atoms with Crippen molar-refractivity contribution in [2.24, 2.45) is 0 Å². The number of nitrogens with one attached hydrogen (secondary N) is 1. The molecule has 1 N–H and O–H groups in total. The van der Waals surface area contributed by atoms with Gasteiger partial charge in [-0.05, 0) is 67.1 Å². The van der Waals surface area contributed by atoms with Gasteiger partial charge in [0.2, 0.25) is 0 Å². The molecule has 0 aliphatic heterocycles. The second-order valence-electron chi connectivity index (χ2n) is 8.03. The summed E-state index contributed by atoms with van der Waals surface area (Å²) in [5, 5.41) is 2.90. The first-order valence-corrected chi connectivity index (χ1v) is 10.0. The molecule has 2 rings (SSSR count). The lowest BCUT2D eigenvalue weighted by atomic mass is 9.87. The normalized spacial score (nSPS) is 12.2. The first kappa shape index (κ1) is 22.5. The van der Waals surface area contributed by atoms with E-state index in [0.29, 0.717) is 30.0 Å². The molecule has 2 aromatic rings. The Morgan fingerprint density at radius 3 is 2.21 bits per heavy atom. The van der Waals surface area contributed by atoms with E-state index in [-0.39, 0.29) is 17.3 Å². The number of hydrogen-bond donors (Lipinski definition) is 1. The Balaban J connectivity index is 2.07. The second-order valence-corrected chi connectivity index (χ2v) is 8.03. The van der Waals surface area contributed by atoms with Crippen LogP contribution in [-0.4, -0.2) is 24.6 Å². The summed E-state index contributed by atoms with van der Waals surface area (Å²) in [5.41, 5.74) is 3.17. The van der Waals surface area contributed by atoms with E-state index in [0.717, 1.165) is 5.56 Å². The number of carbonyl (C=O) groups is 2. The highest BCUT2D eigenvalue weighted by Gasteiger charge is 2.20. The van der Waals surface area contributed by atoms with Gasteiger partial charge in [-0.1, -0.05) is 39.8 Å². The fraction of sp³-hybridized carbons (Fsp3) is 0.417. The summed E-state index contributed by atoms with van der Waals surface area (Å²) in [5.74, 6) is 0.0655. The average molecular weight is 398 g/mol. The Labute approximate surface area is 173 Å². The van der Waals surface area contributed by atoms with Gasteiger partial charge in [-0.15, -0.1) is 0 Å². The van der Waals surface area contributed by atoms with Crippen LogP contribution in [0.25, 0.3) is 0 Å². The quantitative estimate of drug-likeness (QED) is 0.647. The number of esters is 1. The van der Waals surface area contributed by atoms with Crippen molar-refractivity contribution in [2.45, 2.75) is 59.5 Å². The van der Waals surface area contributed by atoms with Crippen LogP contribution in [0, 0.1) is 6.92 Å². The monoisotopic (exact) mass is 397 g/mol. The van der Waals surface area contributed by atoms with Gasteiger partial charge >= 0.3 is 5.97 Å². The lowest BCUT2D eigenvalue weighted by molar-refractivity contribution is -0.122. The highest BCUT2D eigenvalue weighted by atomic mass is 16.5. The second kappa shape index (κ2) is 9.59. The highest BCUT2D eigenvalue weighted by molar-refractivity contribution is 5.96. The number of rotatable bonds is 7. The van der Waals surface area contributed by atoms with Crippen LogP contribution < -0.4 is 10.1 Å². The standard InChI is InChI=1S/C24H31NO4/c1-7-21(29-19-12-10-18(11-13-19)24(4,5)6)22(26)25-20-14-9-17(15-16(20)3)23(27)28-8-2/h9-15,21H,7-8H2,1-6H3,(H,25,26)/t21-/m0/s1. The van der Waals surface area contributed by atoms with Crippen LogP contribution in [0.3, 0.4) is 0 Å². The number of carbonyl (C=O) groups excluding carboxylic acids is 2. The zero-order valence-corrected chi connectivity index (χ0v) is 18.2. The summed E-state index contributed by atoms with van der Waals surface area (Å²) in [7, 11) is 0. The summed E-state index contributed by atoms with van der Waals surface area (Å²) in [6, 6.07) is 12.9. The number of ether oxygens (including phenoxy) is 2. The maximum atomic E-state index is 12.7. The number of hydrogen-bond acceptors (Lipinski definition) is 4. The number of anilines is 1. The van der Waals surface area contributed by atoms with Crippen molar-refractivity contribution >= 4 is 17.6 Å². The maximum Gasteiger partial charge on any atom is 0.338 e. The van der Waals surface area contributed by atoms with Gasteiger partial charge in [0.1, 0.15) is 5.75 Å². The molecule has 0 aliphatic carbocycles. The molecular weight excluding hydrogens is 366 g/mol. The van der Waals surface area contributed by atoms with Gasteiger partial charge in [0.15, 0.2) is 6.10 Å². The molecule has 0 heterocycles. The molecule has 0 saturated carbocycles. The molecule has 156 valence electrons. The summed E-state index contributed by atoms with van der Waals surface area (Å²) in [4.78, 5) is 24.6. The third kappa shape index (κ3) is 6.08. The Bertz CT molecular complexity index is 850. The van der Waals surface area contributed by atoms with Crippen LogP contribution in [-0.2, 0) is 14.9 Å². The largest absolute Gasteiger partial charge is 0.481 e. The Kier molecular flexibility index (Phi) is 7.43. The van der Waals surface area contributed by atoms with Crippen LogP contribution in [0.1, 0.15) is 62.5 Å². The van der Waals surface area contributed by atoms with Gasteiger partial charge in [-0.2, -0.15) is 0 Å².